The second-order valence-corrected chi connectivity index (χ2v) is 5.77. The number of tetrazole rings is 1. The normalized spacial score (nSPS) is 15.7. The van der Waals surface area contributed by atoms with Crippen LogP contribution in [-0.4, -0.2) is 33.9 Å². The van der Waals surface area contributed by atoms with E-state index in [-0.39, 0.29) is 11.8 Å². The SMILES string of the molecule is COc1ccc([C@@H]2C=C(c3ccc(OC(F)F)cc3)Nc3nnnn32)cc1. The Morgan fingerprint density at radius 2 is 1.74 bits per heavy atom. The van der Waals surface area contributed by atoms with Crippen molar-refractivity contribution >= 4 is 11.6 Å². The lowest BCUT2D eigenvalue weighted by molar-refractivity contribution is -0.0498. The molecule has 1 aliphatic heterocycles. The molecule has 0 aliphatic carbocycles. The van der Waals surface area contributed by atoms with Crippen molar-refractivity contribution in [2.75, 3.05) is 12.4 Å². The number of hydrogen-bond acceptors (Lipinski definition) is 6. The standard InChI is InChI=1S/C18H15F2N5O2/c1-26-13-6-4-12(5-7-13)16-10-15(21-18-22-23-24-25(16)18)11-2-8-14(9-3-11)27-17(19)20/h2-10,16-17H,1H3,(H,21,22,24)/t16-/m0/s1. The van der Waals surface area contributed by atoms with Gasteiger partial charge < -0.3 is 14.8 Å². The molecule has 0 saturated carbocycles. The summed E-state index contributed by atoms with van der Waals surface area (Å²) in [5.74, 6) is 1.34. The Morgan fingerprint density at radius 3 is 2.41 bits per heavy atom. The first-order valence-corrected chi connectivity index (χ1v) is 8.10. The third-order valence-corrected chi connectivity index (χ3v) is 4.18. The van der Waals surface area contributed by atoms with Gasteiger partial charge in [0.05, 0.1) is 7.11 Å². The molecule has 0 unspecified atom stereocenters. The Labute approximate surface area is 153 Å². The molecule has 1 N–H and O–H groups in total. The number of allylic oxidation sites excluding steroid dienone is 1. The van der Waals surface area contributed by atoms with Gasteiger partial charge in [0.15, 0.2) is 0 Å². The van der Waals surface area contributed by atoms with Crippen LogP contribution in [0.15, 0.2) is 54.6 Å². The highest BCUT2D eigenvalue weighted by Gasteiger charge is 2.24. The van der Waals surface area contributed by atoms with Crippen LogP contribution in [0.25, 0.3) is 5.70 Å². The fourth-order valence-corrected chi connectivity index (χ4v) is 2.88. The maximum atomic E-state index is 12.3. The largest absolute Gasteiger partial charge is 0.497 e. The van der Waals surface area contributed by atoms with Crippen molar-refractivity contribution in [2.24, 2.45) is 0 Å². The third kappa shape index (κ3) is 3.43. The quantitative estimate of drug-likeness (QED) is 0.742. The van der Waals surface area contributed by atoms with Crippen molar-refractivity contribution < 1.29 is 18.3 Å². The predicted octanol–water partition coefficient (Wildman–Crippen LogP) is 3.34. The van der Waals surface area contributed by atoms with Crippen molar-refractivity contribution in [1.82, 2.24) is 20.2 Å². The van der Waals surface area contributed by atoms with E-state index in [2.05, 4.69) is 25.6 Å². The molecule has 4 rings (SSSR count). The number of benzene rings is 2. The summed E-state index contributed by atoms with van der Waals surface area (Å²) in [5.41, 5.74) is 2.53. The number of fused-ring (bicyclic) bond motifs is 1. The van der Waals surface area contributed by atoms with Crippen LogP contribution >= 0.6 is 0 Å². The van der Waals surface area contributed by atoms with Gasteiger partial charge in [-0.15, -0.1) is 0 Å². The van der Waals surface area contributed by atoms with Crippen molar-refractivity contribution in [3.8, 4) is 11.5 Å². The minimum atomic E-state index is -2.85. The number of hydrogen-bond donors (Lipinski definition) is 1. The molecule has 2 aromatic carbocycles. The fourth-order valence-electron chi connectivity index (χ4n) is 2.88. The molecule has 27 heavy (non-hydrogen) atoms. The van der Waals surface area contributed by atoms with Crippen LogP contribution < -0.4 is 14.8 Å². The minimum Gasteiger partial charge on any atom is -0.497 e. The van der Waals surface area contributed by atoms with Crippen molar-refractivity contribution in [3.05, 3.63) is 65.7 Å². The summed E-state index contributed by atoms with van der Waals surface area (Å²) in [6.45, 7) is -2.85. The van der Waals surface area contributed by atoms with E-state index in [1.807, 2.05) is 30.3 Å². The Hall–Kier alpha value is -3.49. The number of rotatable bonds is 5. The fraction of sp³-hybridized carbons (Fsp3) is 0.167. The van der Waals surface area contributed by atoms with Gasteiger partial charge in [0.25, 0.3) is 0 Å². The van der Waals surface area contributed by atoms with E-state index >= 15 is 0 Å². The summed E-state index contributed by atoms with van der Waals surface area (Å²) in [4.78, 5) is 0. The predicted molar refractivity (Wildman–Crippen MR) is 93.6 cm³/mol. The summed E-state index contributed by atoms with van der Waals surface area (Å²) in [5, 5.41) is 14.9. The van der Waals surface area contributed by atoms with E-state index in [0.29, 0.717) is 5.95 Å². The van der Waals surface area contributed by atoms with Gasteiger partial charge in [-0.3, -0.25) is 0 Å². The van der Waals surface area contributed by atoms with Crippen LogP contribution in [0.5, 0.6) is 11.5 Å². The van der Waals surface area contributed by atoms with Crippen molar-refractivity contribution in [1.29, 1.82) is 0 Å². The second-order valence-electron chi connectivity index (χ2n) is 5.77. The van der Waals surface area contributed by atoms with Gasteiger partial charge in [0.1, 0.15) is 17.5 Å². The van der Waals surface area contributed by atoms with Crippen molar-refractivity contribution in [2.45, 2.75) is 12.7 Å². The van der Waals surface area contributed by atoms with Gasteiger partial charge in [-0.25, -0.2) is 0 Å². The average Bonchev–Trinajstić information content (AvgIpc) is 3.16. The van der Waals surface area contributed by atoms with E-state index in [1.165, 1.54) is 12.1 Å². The van der Waals surface area contributed by atoms with Gasteiger partial charge in [-0.2, -0.15) is 13.5 Å². The monoisotopic (exact) mass is 371 g/mol. The van der Waals surface area contributed by atoms with Crippen LogP contribution in [0.3, 0.4) is 0 Å². The third-order valence-electron chi connectivity index (χ3n) is 4.18. The topological polar surface area (TPSA) is 74.1 Å². The average molecular weight is 371 g/mol. The van der Waals surface area contributed by atoms with Crippen LogP contribution in [0.4, 0.5) is 14.7 Å². The lowest BCUT2D eigenvalue weighted by Crippen LogP contribution is -2.20. The number of nitrogens with one attached hydrogen (secondary N) is 1. The van der Waals surface area contributed by atoms with Gasteiger partial charge >= 0.3 is 6.61 Å². The zero-order valence-corrected chi connectivity index (χ0v) is 14.2. The first kappa shape index (κ1) is 17.0. The highest BCUT2D eigenvalue weighted by molar-refractivity contribution is 5.77. The van der Waals surface area contributed by atoms with Gasteiger partial charge in [0, 0.05) is 5.70 Å². The molecule has 0 radical (unpaired) electrons. The molecule has 1 atom stereocenters. The summed E-state index contributed by atoms with van der Waals surface area (Å²) in [6, 6.07) is 13.8. The number of aromatic nitrogens is 4. The second kappa shape index (κ2) is 7.02. The highest BCUT2D eigenvalue weighted by Crippen LogP contribution is 2.32. The molecule has 1 aliphatic rings. The minimum absolute atomic E-state index is 0.0988. The number of methoxy groups -OCH3 is 1. The summed E-state index contributed by atoms with van der Waals surface area (Å²) >= 11 is 0. The first-order chi connectivity index (χ1) is 13.1. The maximum absolute atomic E-state index is 12.3. The molecule has 9 heteroatoms. The highest BCUT2D eigenvalue weighted by atomic mass is 19.3. The molecular weight excluding hydrogens is 356 g/mol. The molecule has 0 spiro atoms. The summed E-state index contributed by atoms with van der Waals surface area (Å²) < 4.78 is 35.9. The molecule has 138 valence electrons. The van der Waals surface area contributed by atoms with Gasteiger partial charge in [-0.05, 0) is 64.0 Å². The molecule has 0 saturated heterocycles. The smallest absolute Gasteiger partial charge is 0.387 e. The number of anilines is 1. The maximum Gasteiger partial charge on any atom is 0.387 e. The molecule has 2 heterocycles. The van der Waals surface area contributed by atoms with Crippen LogP contribution in [0, 0.1) is 0 Å². The van der Waals surface area contributed by atoms with Gasteiger partial charge in [0.2, 0.25) is 5.95 Å². The molecule has 3 aromatic rings. The summed E-state index contributed by atoms with van der Waals surface area (Å²) in [6.07, 6.45) is 1.97. The lowest BCUT2D eigenvalue weighted by atomic mass is 10.0. The molecule has 1 aromatic heterocycles. The number of halogens is 2. The van der Waals surface area contributed by atoms with Crippen molar-refractivity contribution in [3.63, 3.8) is 0 Å². The number of ether oxygens (including phenoxy) is 2. The Balaban J connectivity index is 1.67. The molecule has 7 nitrogen and oxygen atoms in total. The Kier molecular flexibility index (Phi) is 4.41. The van der Waals surface area contributed by atoms with Gasteiger partial charge in [-0.1, -0.05) is 17.2 Å². The Morgan fingerprint density at radius 1 is 1.04 bits per heavy atom. The first-order valence-electron chi connectivity index (χ1n) is 8.10. The van der Waals surface area contributed by atoms with E-state index in [9.17, 15) is 8.78 Å². The Bertz CT molecular complexity index is 955. The van der Waals surface area contributed by atoms with E-state index in [4.69, 9.17) is 4.74 Å². The van der Waals surface area contributed by atoms with Crippen LogP contribution in [0.1, 0.15) is 17.2 Å². The van der Waals surface area contributed by atoms with Crippen LogP contribution in [0.2, 0.25) is 0 Å². The zero-order valence-electron chi connectivity index (χ0n) is 14.2. The van der Waals surface area contributed by atoms with E-state index < -0.39 is 6.61 Å². The van der Waals surface area contributed by atoms with Crippen LogP contribution in [-0.2, 0) is 0 Å². The van der Waals surface area contributed by atoms with E-state index in [1.54, 1.807) is 23.9 Å². The van der Waals surface area contributed by atoms with E-state index in [0.717, 1.165) is 22.6 Å². The molecule has 0 amide bonds. The lowest BCUT2D eigenvalue weighted by Gasteiger charge is -2.23. The summed E-state index contributed by atoms with van der Waals surface area (Å²) in [7, 11) is 1.61. The molecule has 0 fully saturated rings. The zero-order chi connectivity index (χ0) is 18.8. The number of alkyl halides is 2. The molecular formula is C18H15F2N5O2. The molecule has 0 bridgehead atoms. The number of nitrogens with zero attached hydrogens (tertiary/aromatic N) is 4.